The summed E-state index contributed by atoms with van der Waals surface area (Å²) in [6.07, 6.45) is 4.64. The number of nitrogens with zero attached hydrogens (tertiary/aromatic N) is 2. The van der Waals surface area contributed by atoms with Crippen LogP contribution in [0.1, 0.15) is 17.3 Å². The molecule has 2 rings (SSSR count). The van der Waals surface area contributed by atoms with Gasteiger partial charge in [0.1, 0.15) is 5.57 Å². The van der Waals surface area contributed by atoms with Crippen molar-refractivity contribution in [2.75, 3.05) is 46.9 Å². The average Bonchev–Trinajstić information content (AvgIpc) is 2.83. The summed E-state index contributed by atoms with van der Waals surface area (Å²) in [6, 6.07) is 6.66. The van der Waals surface area contributed by atoms with Crippen molar-refractivity contribution in [3.63, 3.8) is 0 Å². The van der Waals surface area contributed by atoms with Crippen molar-refractivity contribution in [3.8, 4) is 17.2 Å². The van der Waals surface area contributed by atoms with Crippen LogP contribution in [0.15, 0.2) is 48.3 Å². The summed E-state index contributed by atoms with van der Waals surface area (Å²) in [5.41, 5.74) is 1.04. The summed E-state index contributed by atoms with van der Waals surface area (Å²) in [4.78, 5) is 27.8. The van der Waals surface area contributed by atoms with E-state index in [1.165, 1.54) is 39.5 Å². The molecule has 0 radical (unpaired) electrons. The van der Waals surface area contributed by atoms with Gasteiger partial charge in [-0.1, -0.05) is 0 Å². The molecular formula is C24H28N3O6+. The summed E-state index contributed by atoms with van der Waals surface area (Å²) in [6.45, 7) is 1.78. The first kappa shape index (κ1) is 25.2. The molecular weight excluding hydrogens is 426 g/mol. The Morgan fingerprint density at radius 3 is 2.06 bits per heavy atom. The zero-order valence-corrected chi connectivity index (χ0v) is 19.6. The van der Waals surface area contributed by atoms with E-state index in [0.717, 1.165) is 5.69 Å². The fourth-order valence-electron chi connectivity index (χ4n) is 2.99. The molecule has 0 aliphatic carbocycles. The molecule has 0 fully saturated rings. The van der Waals surface area contributed by atoms with Crippen LogP contribution in [-0.2, 0) is 9.53 Å². The molecule has 1 aromatic carbocycles. The van der Waals surface area contributed by atoms with E-state index in [1.807, 2.05) is 31.1 Å². The van der Waals surface area contributed by atoms with Crippen LogP contribution in [0.5, 0.6) is 17.2 Å². The number of ketones is 1. The van der Waals surface area contributed by atoms with Crippen LogP contribution >= 0.6 is 0 Å². The number of ether oxygens (including phenoxy) is 4. The number of anilines is 1. The minimum absolute atomic E-state index is 0.0948. The van der Waals surface area contributed by atoms with Crippen molar-refractivity contribution in [1.82, 2.24) is 0 Å². The van der Waals surface area contributed by atoms with Gasteiger partial charge in [0.2, 0.25) is 5.75 Å². The first-order valence-electron chi connectivity index (χ1n) is 10.0. The van der Waals surface area contributed by atoms with Crippen molar-refractivity contribution >= 4 is 29.0 Å². The van der Waals surface area contributed by atoms with Crippen LogP contribution in [0.3, 0.4) is 0 Å². The molecule has 33 heavy (non-hydrogen) atoms. The van der Waals surface area contributed by atoms with Crippen LogP contribution < -0.4 is 23.7 Å². The fraction of sp³-hybridized carbons (Fsp3) is 0.292. The Kier molecular flexibility index (Phi) is 8.77. The van der Waals surface area contributed by atoms with Crippen molar-refractivity contribution in [2.24, 2.45) is 0 Å². The minimum Gasteiger partial charge on any atom is -0.493 e. The van der Waals surface area contributed by atoms with Crippen LogP contribution in [0, 0.1) is 5.41 Å². The lowest BCUT2D eigenvalue weighted by Gasteiger charge is -2.14. The van der Waals surface area contributed by atoms with Crippen molar-refractivity contribution in [3.05, 3.63) is 53.9 Å². The number of carbonyl (C=O) groups is 2. The molecule has 9 nitrogen and oxygen atoms in total. The number of hydrogen-bond donors (Lipinski definition) is 1. The Labute approximate surface area is 193 Å². The number of pyridine rings is 1. The van der Waals surface area contributed by atoms with Crippen LogP contribution in [-0.4, -0.2) is 59.7 Å². The van der Waals surface area contributed by atoms with Gasteiger partial charge in [0.15, 0.2) is 23.9 Å². The molecule has 0 saturated carbocycles. The second-order valence-corrected chi connectivity index (χ2v) is 6.89. The highest BCUT2D eigenvalue weighted by Gasteiger charge is 2.27. The van der Waals surface area contributed by atoms with E-state index in [0.29, 0.717) is 17.2 Å². The number of nitrogens with one attached hydrogen (secondary N) is 1. The zero-order chi connectivity index (χ0) is 24.5. The number of allylic oxidation sites excluding steroid dienone is 1. The van der Waals surface area contributed by atoms with Crippen molar-refractivity contribution in [1.29, 1.82) is 5.41 Å². The van der Waals surface area contributed by atoms with Crippen LogP contribution in [0.2, 0.25) is 0 Å². The average molecular weight is 455 g/mol. The zero-order valence-electron chi connectivity index (χ0n) is 19.6. The third kappa shape index (κ3) is 5.78. The molecule has 0 aliphatic heterocycles. The molecule has 0 unspecified atom stereocenters. The largest absolute Gasteiger partial charge is 0.493 e. The second-order valence-electron chi connectivity index (χ2n) is 6.89. The van der Waals surface area contributed by atoms with E-state index in [4.69, 9.17) is 24.4 Å². The van der Waals surface area contributed by atoms with Gasteiger partial charge in [-0.2, -0.15) is 4.57 Å². The molecule has 174 valence electrons. The third-order valence-corrected chi connectivity index (χ3v) is 4.68. The predicted molar refractivity (Wildman–Crippen MR) is 124 cm³/mol. The molecule has 2 aromatic rings. The molecule has 1 heterocycles. The van der Waals surface area contributed by atoms with Gasteiger partial charge in [0.25, 0.3) is 11.5 Å². The summed E-state index contributed by atoms with van der Waals surface area (Å²) < 4.78 is 22.6. The van der Waals surface area contributed by atoms with Gasteiger partial charge in [0.05, 0.1) is 27.9 Å². The number of carbonyl (C=O) groups excluding carboxylic acids is 2. The van der Waals surface area contributed by atoms with Gasteiger partial charge in [-0.15, -0.1) is 0 Å². The number of methoxy groups -OCH3 is 3. The molecule has 0 bridgehead atoms. The van der Waals surface area contributed by atoms with Crippen molar-refractivity contribution in [2.45, 2.75) is 6.92 Å². The topological polar surface area (TPSA) is 102 Å². The smallest absolute Gasteiger partial charge is 0.347 e. The maximum absolute atomic E-state index is 13.6. The Hall–Kier alpha value is -4.10. The molecule has 0 amide bonds. The summed E-state index contributed by atoms with van der Waals surface area (Å²) in [5, 5.41) is 7.53. The first-order valence-corrected chi connectivity index (χ1v) is 10.0. The summed E-state index contributed by atoms with van der Waals surface area (Å²) in [5.74, 6) is 1.81. The number of hydrogen-bond acceptors (Lipinski definition) is 8. The lowest BCUT2D eigenvalue weighted by molar-refractivity contribution is -0.576. The van der Waals surface area contributed by atoms with E-state index in [9.17, 15) is 9.59 Å². The van der Waals surface area contributed by atoms with E-state index in [1.54, 1.807) is 23.9 Å². The number of esters is 1. The van der Waals surface area contributed by atoms with E-state index < -0.39 is 11.8 Å². The number of rotatable bonds is 10. The lowest BCUT2D eigenvalue weighted by Crippen LogP contribution is -2.36. The Morgan fingerprint density at radius 1 is 1.06 bits per heavy atom. The number of benzene rings is 1. The highest BCUT2D eigenvalue weighted by atomic mass is 16.5. The molecule has 0 saturated heterocycles. The van der Waals surface area contributed by atoms with Gasteiger partial charge >= 0.3 is 5.97 Å². The number of Topliss-reactive ketones (excluding diaryl/α,β-unsaturated/α-hetero) is 1. The molecule has 1 N–H and O–H groups in total. The van der Waals surface area contributed by atoms with Gasteiger partial charge in [-0.25, -0.2) is 4.79 Å². The van der Waals surface area contributed by atoms with E-state index in [2.05, 4.69) is 5.87 Å². The minimum atomic E-state index is -0.756. The monoisotopic (exact) mass is 454 g/mol. The Morgan fingerprint density at radius 2 is 1.64 bits per heavy atom. The van der Waals surface area contributed by atoms with Crippen LogP contribution in [0.25, 0.3) is 5.70 Å². The second kappa shape index (κ2) is 11.5. The lowest BCUT2D eigenvalue weighted by atomic mass is 10.0. The standard InChI is InChI=1S/C24H28N3O6/c1-7-33-24(29)17(15-25)12-19(27-10-8-18(9-11-27)26(2)3)22(28)16-13-20(30-4)23(32-6)21(14-16)31-5/h8-14,25H,7H2,1-6H3/q+1/b19-12-. The van der Waals surface area contributed by atoms with Gasteiger partial charge in [-0.05, 0) is 24.9 Å². The molecule has 9 heteroatoms. The summed E-state index contributed by atoms with van der Waals surface area (Å²) >= 11 is 0. The van der Waals surface area contributed by atoms with E-state index >= 15 is 0 Å². The van der Waals surface area contributed by atoms with Gasteiger partial charge < -0.3 is 23.8 Å². The molecule has 0 aliphatic rings. The summed E-state index contributed by atoms with van der Waals surface area (Å²) in [7, 11) is 8.17. The van der Waals surface area contributed by atoms with Crippen molar-refractivity contribution < 1.29 is 33.1 Å². The number of aromatic nitrogens is 1. The van der Waals surface area contributed by atoms with E-state index in [-0.39, 0.29) is 23.4 Å². The third-order valence-electron chi connectivity index (χ3n) is 4.68. The maximum Gasteiger partial charge on any atom is 0.347 e. The van der Waals surface area contributed by atoms with Gasteiger partial charge in [0, 0.05) is 43.6 Å². The normalized spacial score (nSPS) is 10.7. The maximum atomic E-state index is 13.6. The predicted octanol–water partition coefficient (Wildman–Crippen LogP) is 2.53. The molecule has 1 aromatic heterocycles. The Bertz CT molecular complexity index is 1070. The first-order chi connectivity index (χ1) is 15.8. The highest BCUT2D eigenvalue weighted by Crippen LogP contribution is 2.38. The quantitative estimate of drug-likeness (QED) is 0.147. The fourth-order valence-corrected chi connectivity index (χ4v) is 2.99. The highest BCUT2D eigenvalue weighted by molar-refractivity contribution is 6.23. The molecule has 0 spiro atoms. The van der Waals surface area contributed by atoms with Crippen LogP contribution in [0.4, 0.5) is 5.69 Å². The SMILES string of the molecule is CCOC(=O)C(=C=N)/C=C(/C(=O)c1cc(OC)c(OC)c(OC)c1)[n+]1ccc(N(C)C)cc1. The Balaban J connectivity index is 2.69. The molecule has 0 atom stereocenters. The van der Waals surface area contributed by atoms with Gasteiger partial charge in [-0.3, -0.25) is 10.2 Å².